The minimum Gasteiger partial charge on any atom is -0.491 e. The second-order valence-corrected chi connectivity index (χ2v) is 14.4. The number of aryl methyl sites for hydroxylation is 1. The van der Waals surface area contributed by atoms with Crippen LogP contribution in [0, 0.1) is 6.92 Å². The summed E-state index contributed by atoms with van der Waals surface area (Å²) in [5, 5.41) is 4.23. The summed E-state index contributed by atoms with van der Waals surface area (Å²) in [6.07, 6.45) is 1.15. The van der Waals surface area contributed by atoms with Crippen molar-refractivity contribution < 1.29 is 17.9 Å². The molecule has 0 atom stereocenters. The van der Waals surface area contributed by atoms with E-state index in [4.69, 9.17) is 16.3 Å². The van der Waals surface area contributed by atoms with E-state index in [-0.39, 0.29) is 12.0 Å². The van der Waals surface area contributed by atoms with E-state index in [1.54, 1.807) is 24.3 Å². The second-order valence-electron chi connectivity index (χ2n) is 10.3. The molecule has 0 spiro atoms. The zero-order chi connectivity index (χ0) is 28.7. The van der Waals surface area contributed by atoms with Gasteiger partial charge in [0.1, 0.15) is 5.75 Å². The number of sulfonamides is 1. The summed E-state index contributed by atoms with van der Waals surface area (Å²) >= 11 is 11.3. The van der Waals surface area contributed by atoms with Crippen molar-refractivity contribution in [1.82, 2.24) is 0 Å². The number of anilines is 2. The van der Waals surface area contributed by atoms with E-state index in [0.29, 0.717) is 25.7 Å². The SMILES string of the molecule is Cc1cc(OC(C)C)cc(C(C)(C)c2cc(Cl)cc(NC(=O)c3cc4c(Br)c(NS(C)(=O)=O)ccc4s3)c2)c1. The summed E-state index contributed by atoms with van der Waals surface area (Å²) in [6.45, 7) is 10.3. The number of amides is 1. The summed E-state index contributed by atoms with van der Waals surface area (Å²) in [6, 6.07) is 17.0. The van der Waals surface area contributed by atoms with Gasteiger partial charge in [-0.2, -0.15) is 0 Å². The maximum atomic E-state index is 13.3. The fourth-order valence-electron chi connectivity index (χ4n) is 4.30. The topological polar surface area (TPSA) is 84.5 Å². The second kappa shape index (κ2) is 11.1. The first-order valence-corrected chi connectivity index (χ1v) is 16.1. The van der Waals surface area contributed by atoms with Crippen LogP contribution in [0.1, 0.15) is 54.1 Å². The number of nitrogens with one attached hydrogen (secondary N) is 2. The lowest BCUT2D eigenvalue weighted by molar-refractivity contribution is 0.103. The van der Waals surface area contributed by atoms with Crippen molar-refractivity contribution in [2.45, 2.75) is 46.1 Å². The molecular formula is C29H30BrClN2O4S2. The Hall–Kier alpha value is -2.59. The Kier molecular flexibility index (Phi) is 8.38. The van der Waals surface area contributed by atoms with Crippen molar-refractivity contribution in [3.8, 4) is 5.75 Å². The van der Waals surface area contributed by atoms with Gasteiger partial charge in [0.25, 0.3) is 5.91 Å². The van der Waals surface area contributed by atoms with Gasteiger partial charge in [-0.3, -0.25) is 9.52 Å². The van der Waals surface area contributed by atoms with Crippen molar-refractivity contribution in [2.75, 3.05) is 16.3 Å². The normalized spacial score (nSPS) is 12.1. The highest BCUT2D eigenvalue weighted by molar-refractivity contribution is 9.10. The average molecular weight is 650 g/mol. The standard InChI is InChI=1S/C29H30BrClN2O4S2/c1-16(2)37-22-10-17(3)9-18(13-22)29(4,5)19-11-20(31)14-21(12-19)32-28(34)26-15-23-25(38-26)8-7-24(27(23)30)33-39(6,35)36/h7-16,33H,1-6H3,(H,32,34). The number of benzene rings is 3. The molecule has 6 nitrogen and oxygen atoms in total. The molecule has 39 heavy (non-hydrogen) atoms. The molecule has 1 amide bonds. The van der Waals surface area contributed by atoms with Crippen molar-refractivity contribution in [1.29, 1.82) is 0 Å². The molecule has 1 aromatic heterocycles. The van der Waals surface area contributed by atoms with Gasteiger partial charge >= 0.3 is 0 Å². The van der Waals surface area contributed by atoms with Crippen LogP contribution in [-0.2, 0) is 15.4 Å². The zero-order valence-corrected chi connectivity index (χ0v) is 26.5. The van der Waals surface area contributed by atoms with E-state index in [9.17, 15) is 13.2 Å². The highest BCUT2D eigenvalue weighted by atomic mass is 79.9. The molecule has 4 aromatic rings. The third-order valence-electron chi connectivity index (χ3n) is 6.18. The lowest BCUT2D eigenvalue weighted by Crippen LogP contribution is -2.20. The molecule has 206 valence electrons. The highest BCUT2D eigenvalue weighted by Crippen LogP contribution is 2.39. The molecule has 0 aliphatic rings. The van der Waals surface area contributed by atoms with Gasteiger partial charge in [0, 0.05) is 26.2 Å². The van der Waals surface area contributed by atoms with Gasteiger partial charge in [-0.1, -0.05) is 31.5 Å². The molecule has 0 saturated carbocycles. The first-order chi connectivity index (χ1) is 18.1. The lowest BCUT2D eigenvalue weighted by atomic mass is 9.77. The molecular weight excluding hydrogens is 620 g/mol. The number of carbonyl (C=O) groups is 1. The van der Waals surface area contributed by atoms with Crippen molar-refractivity contribution in [3.05, 3.63) is 85.7 Å². The van der Waals surface area contributed by atoms with Crippen LogP contribution in [-0.4, -0.2) is 26.7 Å². The van der Waals surface area contributed by atoms with Crippen LogP contribution in [0.2, 0.25) is 5.02 Å². The predicted molar refractivity (Wildman–Crippen MR) is 166 cm³/mol. The number of halogens is 2. The van der Waals surface area contributed by atoms with Crippen LogP contribution in [0.3, 0.4) is 0 Å². The van der Waals surface area contributed by atoms with Crippen LogP contribution >= 0.6 is 38.9 Å². The molecule has 0 radical (unpaired) electrons. The number of rotatable bonds is 8. The number of thiophene rings is 1. The predicted octanol–water partition coefficient (Wildman–Crippen LogP) is 8.36. The molecule has 0 bridgehead atoms. The van der Waals surface area contributed by atoms with Gasteiger partial charge in [0.05, 0.1) is 27.4 Å². The van der Waals surface area contributed by atoms with Gasteiger partial charge in [0.15, 0.2) is 0 Å². The van der Waals surface area contributed by atoms with Crippen LogP contribution in [0.4, 0.5) is 11.4 Å². The molecule has 2 N–H and O–H groups in total. The number of ether oxygens (including phenoxy) is 1. The molecule has 4 rings (SSSR count). The maximum absolute atomic E-state index is 13.3. The quantitative estimate of drug-likeness (QED) is 0.201. The van der Waals surface area contributed by atoms with E-state index in [2.05, 4.69) is 45.9 Å². The van der Waals surface area contributed by atoms with Gasteiger partial charge in [-0.25, -0.2) is 8.42 Å². The molecule has 0 saturated heterocycles. The van der Waals surface area contributed by atoms with E-state index < -0.39 is 15.4 Å². The summed E-state index contributed by atoms with van der Waals surface area (Å²) in [5.41, 5.74) is 3.69. The number of fused-ring (bicyclic) bond motifs is 1. The fraction of sp³-hybridized carbons (Fsp3) is 0.276. The number of carbonyl (C=O) groups excluding carboxylic acids is 1. The Morgan fingerprint density at radius 3 is 2.41 bits per heavy atom. The van der Waals surface area contributed by atoms with Crippen LogP contribution in [0.25, 0.3) is 10.1 Å². The average Bonchev–Trinajstić information content (AvgIpc) is 3.24. The Morgan fingerprint density at radius 2 is 1.74 bits per heavy atom. The summed E-state index contributed by atoms with van der Waals surface area (Å²) in [7, 11) is -3.44. The van der Waals surface area contributed by atoms with E-state index >= 15 is 0 Å². The Balaban J connectivity index is 1.64. The first-order valence-electron chi connectivity index (χ1n) is 12.2. The van der Waals surface area contributed by atoms with Gasteiger partial charge in [-0.15, -0.1) is 11.3 Å². The lowest BCUT2D eigenvalue weighted by Gasteiger charge is -2.28. The fourth-order valence-corrected chi connectivity index (χ4v) is 6.89. The third-order valence-corrected chi connectivity index (χ3v) is 8.94. The van der Waals surface area contributed by atoms with Crippen LogP contribution in [0.15, 0.2) is 59.1 Å². The number of hydrogen-bond donors (Lipinski definition) is 2. The minimum atomic E-state index is -3.44. The third kappa shape index (κ3) is 6.95. The van der Waals surface area contributed by atoms with Crippen LogP contribution in [0.5, 0.6) is 5.75 Å². The van der Waals surface area contributed by atoms with Gasteiger partial charge in [-0.05, 0) is 102 Å². The monoisotopic (exact) mass is 648 g/mol. The largest absolute Gasteiger partial charge is 0.491 e. The van der Waals surface area contributed by atoms with Crippen LogP contribution < -0.4 is 14.8 Å². The number of hydrogen-bond acceptors (Lipinski definition) is 5. The molecule has 0 aliphatic heterocycles. The highest BCUT2D eigenvalue weighted by Gasteiger charge is 2.26. The Bertz CT molecular complexity index is 1680. The minimum absolute atomic E-state index is 0.0628. The van der Waals surface area contributed by atoms with Crippen molar-refractivity contribution in [3.63, 3.8) is 0 Å². The summed E-state index contributed by atoms with van der Waals surface area (Å²) in [5.74, 6) is 0.532. The molecule has 0 aliphatic carbocycles. The molecule has 3 aromatic carbocycles. The van der Waals surface area contributed by atoms with Crippen molar-refractivity contribution >= 4 is 76.3 Å². The molecule has 1 heterocycles. The van der Waals surface area contributed by atoms with E-state index in [1.807, 2.05) is 45.0 Å². The Labute approximate surface area is 246 Å². The van der Waals surface area contributed by atoms with Gasteiger partial charge in [0.2, 0.25) is 10.0 Å². The van der Waals surface area contributed by atoms with E-state index in [1.165, 1.54) is 11.3 Å². The maximum Gasteiger partial charge on any atom is 0.265 e. The molecule has 0 fully saturated rings. The Morgan fingerprint density at radius 1 is 1.05 bits per heavy atom. The zero-order valence-electron chi connectivity index (χ0n) is 22.5. The smallest absolute Gasteiger partial charge is 0.265 e. The summed E-state index contributed by atoms with van der Waals surface area (Å²) in [4.78, 5) is 13.7. The van der Waals surface area contributed by atoms with Gasteiger partial charge < -0.3 is 10.1 Å². The first kappa shape index (κ1) is 29.4. The summed E-state index contributed by atoms with van der Waals surface area (Å²) < 4.78 is 33.2. The molecule has 0 unspecified atom stereocenters. The molecule has 10 heteroatoms. The van der Waals surface area contributed by atoms with Crippen molar-refractivity contribution in [2.24, 2.45) is 0 Å². The van der Waals surface area contributed by atoms with E-state index in [0.717, 1.165) is 38.8 Å².